The zero-order valence-electron chi connectivity index (χ0n) is 33.4. The Morgan fingerprint density at radius 1 is 0.446 bits per heavy atom. The maximum absolute atomic E-state index is 6.87. The second-order valence-corrected chi connectivity index (χ2v) is 32.6. The van der Waals surface area contributed by atoms with Gasteiger partial charge in [0.25, 0.3) is 0 Å². The van der Waals surface area contributed by atoms with Gasteiger partial charge in [-0.05, 0) is 0 Å². The minimum atomic E-state index is -0.00337. The number of ether oxygens (including phenoxy) is 4. The van der Waals surface area contributed by atoms with Gasteiger partial charge in [-0.3, -0.25) is 0 Å². The summed E-state index contributed by atoms with van der Waals surface area (Å²) in [5.74, 6) is 11.5. The van der Waals surface area contributed by atoms with Gasteiger partial charge >= 0.3 is 389 Å². The van der Waals surface area contributed by atoms with Gasteiger partial charge in [0.1, 0.15) is 0 Å². The molecule has 8 rings (SSSR count). The number of fused-ring (bicyclic) bond motifs is 4. The molecule has 0 aromatic carbocycles. The Morgan fingerprint density at radius 2 is 0.786 bits per heavy atom. The molecule has 0 N–H and O–H groups in total. The molecule has 0 amide bonds. The van der Waals surface area contributed by atoms with E-state index in [4.69, 9.17) is 18.9 Å². The number of rotatable bonds is 15. The zero-order chi connectivity index (χ0) is 38.9. The molecule has 14 heteroatoms. The summed E-state index contributed by atoms with van der Waals surface area (Å²) in [6, 6.07) is 0. The van der Waals surface area contributed by atoms with Crippen molar-refractivity contribution in [3.05, 3.63) is 0 Å². The van der Waals surface area contributed by atoms with E-state index in [1.54, 1.807) is 37.3 Å². The molecule has 4 aliphatic rings. The predicted molar refractivity (Wildman–Crippen MR) is 253 cm³/mol. The summed E-state index contributed by atoms with van der Waals surface area (Å²) in [6.45, 7) is 16.6. The van der Waals surface area contributed by atoms with Crippen LogP contribution in [0, 0.1) is 10.8 Å². The number of unbranched alkanes of at least 4 members (excludes halogenated alkanes) is 6. The molecule has 0 atom stereocenters. The molecule has 4 aromatic heterocycles. The standard InChI is InChI=1S/C42H54O4S6Se4/c1-7-9-11-13-15-51-39-27-25(43-21-41(3,4)23-45-27)33(55-39)35-29-31(49-19-17-47-29)37(53-35)38-32-30(48-18-20-50-32)36(54-38)34-26-28(46-24-42(5,6)22-44-26)40(56-34)52-16-14-12-10-8-2/h7-24H2,1-6H3. The third-order valence-electron chi connectivity index (χ3n) is 9.89. The molecule has 8 heterocycles. The van der Waals surface area contributed by atoms with Crippen LogP contribution in [0.4, 0.5) is 0 Å². The molecule has 0 spiro atoms. The van der Waals surface area contributed by atoms with Gasteiger partial charge in [-0.15, -0.1) is 0 Å². The van der Waals surface area contributed by atoms with Crippen LogP contribution in [0.5, 0.6) is 23.0 Å². The van der Waals surface area contributed by atoms with E-state index in [2.05, 4.69) is 112 Å². The molecular weight excluding hydrogens is 1080 g/mol. The van der Waals surface area contributed by atoms with E-state index >= 15 is 0 Å². The molecule has 4 aliphatic heterocycles. The van der Waals surface area contributed by atoms with Crippen molar-refractivity contribution in [1.29, 1.82) is 0 Å². The number of hydrogen-bond donors (Lipinski definition) is 0. The Labute approximate surface area is 384 Å². The molecule has 0 bridgehead atoms. The van der Waals surface area contributed by atoms with Crippen LogP contribution in [0.2, 0.25) is 0 Å². The average Bonchev–Trinajstić information content (AvgIpc) is 3.89. The van der Waals surface area contributed by atoms with Gasteiger partial charge < -0.3 is 0 Å². The zero-order valence-corrected chi connectivity index (χ0v) is 45.2. The minimum absolute atomic E-state index is 0.00337. The van der Waals surface area contributed by atoms with Crippen LogP contribution in [0.3, 0.4) is 0 Å². The summed E-state index contributed by atoms with van der Waals surface area (Å²) >= 11 is 13.6. The van der Waals surface area contributed by atoms with Gasteiger partial charge in [0.2, 0.25) is 0 Å². The summed E-state index contributed by atoms with van der Waals surface area (Å²) < 4.78 is 39.8. The van der Waals surface area contributed by atoms with Crippen LogP contribution in [0.25, 0.3) is 26.6 Å². The first-order valence-electron chi connectivity index (χ1n) is 20.1. The van der Waals surface area contributed by atoms with Crippen LogP contribution >= 0.6 is 70.6 Å². The Morgan fingerprint density at radius 3 is 1.14 bits per heavy atom. The third kappa shape index (κ3) is 9.75. The Bertz CT molecular complexity index is 1850. The molecule has 0 saturated heterocycles. The van der Waals surface area contributed by atoms with Gasteiger partial charge in [0.15, 0.2) is 0 Å². The van der Waals surface area contributed by atoms with E-state index in [1.165, 1.54) is 102 Å². The van der Waals surface area contributed by atoms with Crippen molar-refractivity contribution in [3.63, 3.8) is 0 Å². The normalized spacial score (nSPS) is 18.3. The van der Waals surface area contributed by atoms with E-state index in [0.29, 0.717) is 13.2 Å². The molecule has 0 radical (unpaired) electrons. The monoisotopic (exact) mass is 1130 g/mol. The first-order chi connectivity index (χ1) is 27.2. The van der Waals surface area contributed by atoms with Crippen molar-refractivity contribution in [3.8, 4) is 49.6 Å². The SMILES string of the molecule is CCCCCCSc1[se]c(-c2[se]c(-c3[se]c(-c4[se]c(SCCCCCC)c5c4OCC(C)(C)CO5)c4c3SCCS4)c3c2SCCS3)c2c1OCC(C)(C)CO2. The maximum atomic E-state index is 6.87. The second kappa shape index (κ2) is 19.8. The molecule has 56 heavy (non-hydrogen) atoms. The van der Waals surface area contributed by atoms with Gasteiger partial charge in [-0.25, -0.2) is 0 Å². The van der Waals surface area contributed by atoms with E-state index < -0.39 is 0 Å². The van der Waals surface area contributed by atoms with Crippen LogP contribution in [0.15, 0.2) is 27.1 Å². The summed E-state index contributed by atoms with van der Waals surface area (Å²) in [5, 5.41) is 0. The second-order valence-electron chi connectivity index (χ2n) is 16.3. The van der Waals surface area contributed by atoms with Crippen LogP contribution in [0.1, 0.15) is 92.9 Å². The van der Waals surface area contributed by atoms with Gasteiger partial charge in [-0.1, -0.05) is 0 Å². The molecule has 4 nitrogen and oxygen atoms in total. The summed E-state index contributed by atoms with van der Waals surface area (Å²) in [5.41, 5.74) is -0.00674. The van der Waals surface area contributed by atoms with E-state index in [9.17, 15) is 0 Å². The molecule has 306 valence electrons. The Kier molecular flexibility index (Phi) is 15.5. The van der Waals surface area contributed by atoms with Gasteiger partial charge in [0, 0.05) is 0 Å². The van der Waals surface area contributed by atoms with Gasteiger partial charge in [0.05, 0.1) is 0 Å². The van der Waals surface area contributed by atoms with Crippen molar-refractivity contribution >= 4 is 129 Å². The van der Waals surface area contributed by atoms with Crippen molar-refractivity contribution in [2.75, 3.05) is 60.9 Å². The fourth-order valence-corrected chi connectivity index (χ4v) is 29.9. The van der Waals surface area contributed by atoms with Crippen molar-refractivity contribution < 1.29 is 18.9 Å². The first-order valence-corrected chi connectivity index (χ1v) is 32.9. The third-order valence-corrected chi connectivity index (χ3v) is 31.6. The molecular formula is C42H54O4S6Se4. The Balaban J connectivity index is 1.21. The van der Waals surface area contributed by atoms with E-state index in [0.717, 1.165) is 36.2 Å². The molecule has 0 aliphatic carbocycles. The molecule has 0 unspecified atom stereocenters. The summed E-state index contributed by atoms with van der Waals surface area (Å²) in [7, 11) is 0. The van der Waals surface area contributed by atoms with E-state index in [1.807, 2.05) is 0 Å². The topological polar surface area (TPSA) is 36.9 Å². The fraction of sp³-hybridized carbons (Fsp3) is 0.619. The molecule has 0 saturated carbocycles. The van der Waals surface area contributed by atoms with Crippen molar-refractivity contribution in [2.24, 2.45) is 10.8 Å². The van der Waals surface area contributed by atoms with Crippen molar-refractivity contribution in [2.45, 2.75) is 120 Å². The van der Waals surface area contributed by atoms with Crippen molar-refractivity contribution in [1.82, 2.24) is 0 Å². The van der Waals surface area contributed by atoms with Crippen LogP contribution in [-0.4, -0.2) is 119 Å². The quantitative estimate of drug-likeness (QED) is 0.0653. The molecule has 0 fully saturated rings. The fourth-order valence-electron chi connectivity index (χ4n) is 6.80. The summed E-state index contributed by atoms with van der Waals surface area (Å²) in [6.07, 6.45) is 10.4. The summed E-state index contributed by atoms with van der Waals surface area (Å²) in [4.78, 5) is 6.36. The predicted octanol–water partition coefficient (Wildman–Crippen LogP) is 12.3. The Hall–Kier alpha value is 1.30. The first kappa shape index (κ1) is 43.9. The number of hydrogen-bond acceptors (Lipinski definition) is 10. The van der Waals surface area contributed by atoms with E-state index in [-0.39, 0.29) is 68.8 Å². The number of thioether (sulfide) groups is 6. The molecule has 4 aromatic rings. The van der Waals surface area contributed by atoms with Crippen LogP contribution in [-0.2, 0) is 0 Å². The average molecular weight is 1130 g/mol. The van der Waals surface area contributed by atoms with Crippen LogP contribution < -0.4 is 18.9 Å². The van der Waals surface area contributed by atoms with Gasteiger partial charge in [-0.2, -0.15) is 0 Å².